The van der Waals surface area contributed by atoms with Crippen LogP contribution in [0.2, 0.25) is 0 Å². The van der Waals surface area contributed by atoms with Crippen LogP contribution >= 0.6 is 0 Å². The summed E-state index contributed by atoms with van der Waals surface area (Å²) in [6.45, 7) is 2.11. The predicted molar refractivity (Wildman–Crippen MR) is 54.8 cm³/mol. The van der Waals surface area contributed by atoms with E-state index in [9.17, 15) is 18.0 Å². The molecule has 1 heterocycles. The fourth-order valence-corrected chi connectivity index (χ4v) is 2.19. The van der Waals surface area contributed by atoms with Crippen molar-refractivity contribution in [3.63, 3.8) is 0 Å². The van der Waals surface area contributed by atoms with E-state index in [4.69, 9.17) is 5.26 Å². The van der Waals surface area contributed by atoms with Gasteiger partial charge in [-0.2, -0.15) is 18.4 Å². The van der Waals surface area contributed by atoms with Crippen LogP contribution in [-0.2, 0) is 4.79 Å². The molecule has 0 aliphatic carbocycles. The van der Waals surface area contributed by atoms with Crippen molar-refractivity contribution < 1.29 is 18.0 Å². The fourth-order valence-electron chi connectivity index (χ4n) is 2.19. The second-order valence-electron chi connectivity index (χ2n) is 4.48. The van der Waals surface area contributed by atoms with Crippen LogP contribution in [0.5, 0.6) is 0 Å². The van der Waals surface area contributed by atoms with E-state index in [0.717, 1.165) is 11.3 Å². The molecule has 17 heavy (non-hydrogen) atoms. The van der Waals surface area contributed by atoms with Crippen molar-refractivity contribution >= 4 is 5.91 Å². The van der Waals surface area contributed by atoms with Crippen LogP contribution in [-0.4, -0.2) is 30.1 Å². The minimum Gasteiger partial charge on any atom is -0.335 e. The molecular formula is C11H15F3N2O. The zero-order valence-corrected chi connectivity index (χ0v) is 9.68. The van der Waals surface area contributed by atoms with E-state index in [-0.39, 0.29) is 18.5 Å². The van der Waals surface area contributed by atoms with Gasteiger partial charge in [0, 0.05) is 19.5 Å². The van der Waals surface area contributed by atoms with Gasteiger partial charge in [-0.25, -0.2) is 0 Å². The van der Waals surface area contributed by atoms with Gasteiger partial charge in [-0.15, -0.1) is 0 Å². The van der Waals surface area contributed by atoms with Crippen molar-refractivity contribution in [2.75, 3.05) is 13.1 Å². The van der Waals surface area contributed by atoms with Crippen LogP contribution < -0.4 is 0 Å². The second kappa shape index (κ2) is 4.94. The summed E-state index contributed by atoms with van der Waals surface area (Å²) in [6.07, 6.45) is -2.74. The standard InChI is InChI=1S/C11H15F3N2O/c1-2-10(3-6-15)4-7-16(8-5-10)9(17)11(12,13)14/h2-5,7-8H2,1H3. The van der Waals surface area contributed by atoms with Crippen molar-refractivity contribution in [3.8, 4) is 6.07 Å². The van der Waals surface area contributed by atoms with Crippen molar-refractivity contribution in [1.29, 1.82) is 5.26 Å². The number of amides is 1. The monoisotopic (exact) mass is 248 g/mol. The average Bonchev–Trinajstić information content (AvgIpc) is 2.28. The number of piperidine rings is 1. The lowest BCUT2D eigenvalue weighted by Gasteiger charge is -2.40. The van der Waals surface area contributed by atoms with E-state index in [2.05, 4.69) is 6.07 Å². The van der Waals surface area contributed by atoms with E-state index in [1.807, 2.05) is 6.92 Å². The van der Waals surface area contributed by atoms with Crippen LogP contribution in [0.4, 0.5) is 13.2 Å². The molecule has 0 unspecified atom stereocenters. The SMILES string of the molecule is CCC1(CC#N)CCN(C(=O)C(F)(F)F)CC1. The molecule has 1 amide bonds. The third-order valence-corrected chi connectivity index (χ3v) is 3.56. The first-order valence-electron chi connectivity index (χ1n) is 5.58. The minimum atomic E-state index is -4.79. The zero-order valence-electron chi connectivity index (χ0n) is 9.68. The molecule has 1 rings (SSSR count). The Morgan fingerprint density at radius 2 is 1.94 bits per heavy atom. The quantitative estimate of drug-likeness (QED) is 0.753. The van der Waals surface area contributed by atoms with Gasteiger partial charge in [-0.1, -0.05) is 6.92 Å². The highest BCUT2D eigenvalue weighted by Gasteiger charge is 2.45. The van der Waals surface area contributed by atoms with Gasteiger partial charge < -0.3 is 4.90 Å². The third kappa shape index (κ3) is 3.11. The number of alkyl halides is 3. The molecule has 96 valence electrons. The first-order valence-corrected chi connectivity index (χ1v) is 5.58. The summed E-state index contributed by atoms with van der Waals surface area (Å²) in [6, 6.07) is 2.08. The topological polar surface area (TPSA) is 44.1 Å². The van der Waals surface area contributed by atoms with Crippen LogP contribution in [0.25, 0.3) is 0 Å². The van der Waals surface area contributed by atoms with E-state index in [1.54, 1.807) is 0 Å². The Labute approximate surface area is 98.2 Å². The van der Waals surface area contributed by atoms with Crippen molar-refractivity contribution in [2.24, 2.45) is 5.41 Å². The summed E-state index contributed by atoms with van der Waals surface area (Å²) < 4.78 is 36.6. The number of hydrogen-bond acceptors (Lipinski definition) is 2. The zero-order chi connectivity index (χ0) is 13.1. The van der Waals surface area contributed by atoms with Crippen LogP contribution in [0, 0.1) is 16.7 Å². The maximum absolute atomic E-state index is 12.2. The number of nitriles is 1. The molecule has 0 aromatic rings. The van der Waals surface area contributed by atoms with E-state index in [0.29, 0.717) is 19.3 Å². The molecule has 1 aliphatic heterocycles. The first kappa shape index (κ1) is 13.8. The molecule has 1 saturated heterocycles. The molecule has 0 N–H and O–H groups in total. The first-order chi connectivity index (χ1) is 7.84. The number of likely N-dealkylation sites (tertiary alicyclic amines) is 1. The van der Waals surface area contributed by atoms with E-state index >= 15 is 0 Å². The second-order valence-corrected chi connectivity index (χ2v) is 4.48. The smallest absolute Gasteiger partial charge is 0.335 e. The number of carbonyl (C=O) groups excluding carboxylic acids is 1. The molecule has 0 atom stereocenters. The lowest BCUT2D eigenvalue weighted by molar-refractivity contribution is -0.187. The van der Waals surface area contributed by atoms with Gasteiger partial charge in [0.2, 0.25) is 0 Å². The molecule has 1 fully saturated rings. The molecule has 0 bridgehead atoms. The lowest BCUT2D eigenvalue weighted by atomic mass is 9.74. The molecule has 3 nitrogen and oxygen atoms in total. The van der Waals surface area contributed by atoms with E-state index < -0.39 is 12.1 Å². The Morgan fingerprint density at radius 1 is 1.41 bits per heavy atom. The van der Waals surface area contributed by atoms with Gasteiger partial charge in [0.25, 0.3) is 0 Å². The van der Waals surface area contributed by atoms with Gasteiger partial charge >= 0.3 is 12.1 Å². The largest absolute Gasteiger partial charge is 0.471 e. The number of rotatable bonds is 2. The number of nitrogens with zero attached hydrogens (tertiary/aromatic N) is 2. The Balaban J connectivity index is 2.62. The summed E-state index contributed by atoms with van der Waals surface area (Å²) in [5.74, 6) is -1.76. The molecule has 6 heteroatoms. The van der Waals surface area contributed by atoms with Crippen LogP contribution in [0.1, 0.15) is 32.6 Å². The molecule has 0 radical (unpaired) electrons. The highest BCUT2D eigenvalue weighted by molar-refractivity contribution is 5.81. The predicted octanol–water partition coefficient (Wildman–Crippen LogP) is 2.48. The Morgan fingerprint density at radius 3 is 2.29 bits per heavy atom. The number of hydrogen-bond donors (Lipinski definition) is 0. The average molecular weight is 248 g/mol. The lowest BCUT2D eigenvalue weighted by Crippen LogP contribution is -2.47. The molecule has 0 saturated carbocycles. The minimum absolute atomic E-state index is 0.0911. The highest BCUT2D eigenvalue weighted by atomic mass is 19.4. The van der Waals surface area contributed by atoms with Gasteiger partial charge in [0.15, 0.2) is 0 Å². The summed E-state index contributed by atoms with van der Waals surface area (Å²) in [7, 11) is 0. The third-order valence-electron chi connectivity index (χ3n) is 3.56. The van der Waals surface area contributed by atoms with Crippen LogP contribution in [0.15, 0.2) is 0 Å². The van der Waals surface area contributed by atoms with Gasteiger partial charge in [-0.05, 0) is 24.7 Å². The van der Waals surface area contributed by atoms with Crippen LogP contribution in [0.3, 0.4) is 0 Å². The van der Waals surface area contributed by atoms with Gasteiger partial charge in [-0.3, -0.25) is 4.79 Å². The normalized spacial score (nSPS) is 19.8. The fraction of sp³-hybridized carbons (Fsp3) is 0.818. The maximum atomic E-state index is 12.2. The molecular weight excluding hydrogens is 233 g/mol. The Bertz CT molecular complexity index is 325. The summed E-state index contributed by atoms with van der Waals surface area (Å²) >= 11 is 0. The Kier molecular flexibility index (Phi) is 4.02. The molecule has 1 aliphatic rings. The molecule has 0 aromatic carbocycles. The molecule has 0 aromatic heterocycles. The Hall–Kier alpha value is -1.25. The summed E-state index contributed by atoms with van der Waals surface area (Å²) in [4.78, 5) is 11.9. The number of carbonyl (C=O) groups is 1. The van der Waals surface area contributed by atoms with Crippen molar-refractivity contribution in [2.45, 2.75) is 38.8 Å². The number of halogens is 3. The van der Waals surface area contributed by atoms with Gasteiger partial charge in [0.1, 0.15) is 0 Å². The molecule has 0 spiro atoms. The summed E-state index contributed by atoms with van der Waals surface area (Å²) in [5.41, 5.74) is -0.211. The van der Waals surface area contributed by atoms with Gasteiger partial charge in [0.05, 0.1) is 6.07 Å². The van der Waals surface area contributed by atoms with E-state index in [1.165, 1.54) is 0 Å². The highest BCUT2D eigenvalue weighted by Crippen LogP contribution is 2.38. The summed E-state index contributed by atoms with van der Waals surface area (Å²) in [5, 5.41) is 8.71. The maximum Gasteiger partial charge on any atom is 0.471 e. The van der Waals surface area contributed by atoms with Crippen molar-refractivity contribution in [1.82, 2.24) is 4.90 Å². The van der Waals surface area contributed by atoms with Crippen molar-refractivity contribution in [3.05, 3.63) is 0 Å².